The molecule has 0 aliphatic carbocycles. The van der Waals surface area contributed by atoms with E-state index in [2.05, 4.69) is 20.6 Å². The number of aromatic nitrogens is 2. The quantitative estimate of drug-likeness (QED) is 0.681. The van der Waals surface area contributed by atoms with Crippen molar-refractivity contribution >= 4 is 11.8 Å². The summed E-state index contributed by atoms with van der Waals surface area (Å²) in [5.74, 6) is 1.42. The number of nitrogens with zero attached hydrogens (tertiary/aromatic N) is 2. The highest BCUT2D eigenvalue weighted by Crippen LogP contribution is 2.12. The Kier molecular flexibility index (Phi) is 4.98. The van der Waals surface area contributed by atoms with E-state index in [4.69, 9.17) is 0 Å². The van der Waals surface area contributed by atoms with Crippen molar-refractivity contribution in [1.29, 1.82) is 0 Å². The molecule has 0 amide bonds. The maximum Gasteiger partial charge on any atom is 0.224 e. The van der Waals surface area contributed by atoms with Gasteiger partial charge in [-0.2, -0.15) is 4.98 Å². The molecule has 5 heteroatoms. The van der Waals surface area contributed by atoms with E-state index in [0.29, 0.717) is 5.95 Å². The third-order valence-electron chi connectivity index (χ3n) is 2.44. The van der Waals surface area contributed by atoms with Crippen molar-refractivity contribution < 1.29 is 5.11 Å². The van der Waals surface area contributed by atoms with E-state index >= 15 is 0 Å². The van der Waals surface area contributed by atoms with Gasteiger partial charge in [0.05, 0.1) is 6.10 Å². The monoisotopic (exact) mass is 224 g/mol. The smallest absolute Gasteiger partial charge is 0.224 e. The van der Waals surface area contributed by atoms with Crippen LogP contribution >= 0.6 is 0 Å². The molecule has 0 aliphatic heterocycles. The second-order valence-electron chi connectivity index (χ2n) is 3.75. The Labute approximate surface area is 96.3 Å². The third kappa shape index (κ3) is 3.66. The summed E-state index contributed by atoms with van der Waals surface area (Å²) in [6.07, 6.45) is 3.05. The Morgan fingerprint density at radius 3 is 2.88 bits per heavy atom. The van der Waals surface area contributed by atoms with E-state index in [1.165, 1.54) is 0 Å². The number of hydrogen-bond donors (Lipinski definition) is 3. The molecule has 1 aromatic heterocycles. The van der Waals surface area contributed by atoms with Gasteiger partial charge in [-0.1, -0.05) is 6.92 Å². The summed E-state index contributed by atoms with van der Waals surface area (Å²) in [5.41, 5.74) is 1.00. The second-order valence-corrected chi connectivity index (χ2v) is 3.75. The number of aliphatic hydroxyl groups is 1. The second kappa shape index (κ2) is 6.27. The van der Waals surface area contributed by atoms with Crippen molar-refractivity contribution in [1.82, 2.24) is 9.97 Å². The topological polar surface area (TPSA) is 70.1 Å². The molecular weight excluding hydrogens is 204 g/mol. The number of hydrogen-bond acceptors (Lipinski definition) is 5. The van der Waals surface area contributed by atoms with E-state index in [9.17, 15) is 5.11 Å². The Balaban J connectivity index is 2.52. The largest absolute Gasteiger partial charge is 0.393 e. The van der Waals surface area contributed by atoms with Gasteiger partial charge in [-0.15, -0.1) is 0 Å². The van der Waals surface area contributed by atoms with E-state index in [1.807, 2.05) is 13.8 Å². The SMILES string of the molecule is CCC(O)CCNc1nc(NC)ncc1C. The molecule has 5 nitrogen and oxygen atoms in total. The van der Waals surface area contributed by atoms with Gasteiger partial charge in [0.1, 0.15) is 5.82 Å². The van der Waals surface area contributed by atoms with Crippen molar-refractivity contribution in [2.75, 3.05) is 24.2 Å². The lowest BCUT2D eigenvalue weighted by Gasteiger charge is -2.11. The van der Waals surface area contributed by atoms with Crippen LogP contribution in [0, 0.1) is 6.92 Å². The van der Waals surface area contributed by atoms with Gasteiger partial charge in [-0.05, 0) is 19.8 Å². The van der Waals surface area contributed by atoms with Crippen LogP contribution in [0.1, 0.15) is 25.3 Å². The number of anilines is 2. The summed E-state index contributed by atoms with van der Waals surface area (Å²) >= 11 is 0. The summed E-state index contributed by atoms with van der Waals surface area (Å²) in [6, 6.07) is 0. The van der Waals surface area contributed by atoms with Crippen molar-refractivity contribution in [3.05, 3.63) is 11.8 Å². The lowest BCUT2D eigenvalue weighted by Crippen LogP contribution is -2.14. The number of aliphatic hydroxyl groups excluding tert-OH is 1. The molecule has 0 fully saturated rings. The fourth-order valence-corrected chi connectivity index (χ4v) is 1.30. The Morgan fingerprint density at radius 2 is 2.25 bits per heavy atom. The summed E-state index contributed by atoms with van der Waals surface area (Å²) in [7, 11) is 1.79. The first-order valence-corrected chi connectivity index (χ1v) is 5.60. The van der Waals surface area contributed by atoms with Gasteiger partial charge < -0.3 is 15.7 Å². The minimum atomic E-state index is -0.238. The average molecular weight is 224 g/mol. The standard InChI is InChI=1S/C11H20N4O/c1-4-9(16)5-6-13-10-8(2)7-14-11(12-3)15-10/h7,9,16H,4-6H2,1-3H3,(H2,12,13,14,15). The maximum absolute atomic E-state index is 9.42. The van der Waals surface area contributed by atoms with E-state index in [-0.39, 0.29) is 6.10 Å². The summed E-state index contributed by atoms with van der Waals surface area (Å²) in [5, 5.41) is 15.5. The van der Waals surface area contributed by atoms with Crippen molar-refractivity contribution in [3.63, 3.8) is 0 Å². The number of nitrogens with one attached hydrogen (secondary N) is 2. The van der Waals surface area contributed by atoms with Gasteiger partial charge in [0.15, 0.2) is 0 Å². The molecular formula is C11H20N4O. The van der Waals surface area contributed by atoms with Crippen LogP contribution < -0.4 is 10.6 Å². The minimum Gasteiger partial charge on any atom is -0.393 e. The van der Waals surface area contributed by atoms with Crippen LogP contribution in [0.15, 0.2) is 6.20 Å². The summed E-state index contributed by atoms with van der Waals surface area (Å²) < 4.78 is 0. The highest BCUT2D eigenvalue weighted by Gasteiger charge is 2.04. The van der Waals surface area contributed by atoms with Crippen LogP contribution in [-0.4, -0.2) is 34.8 Å². The van der Waals surface area contributed by atoms with Crippen molar-refractivity contribution in [3.8, 4) is 0 Å². The first kappa shape index (κ1) is 12.7. The molecule has 1 unspecified atom stereocenters. The van der Waals surface area contributed by atoms with Gasteiger partial charge in [-0.25, -0.2) is 4.98 Å². The van der Waals surface area contributed by atoms with E-state index in [1.54, 1.807) is 13.2 Å². The zero-order valence-electron chi connectivity index (χ0n) is 10.1. The molecule has 0 saturated heterocycles. The summed E-state index contributed by atoms with van der Waals surface area (Å²) in [6.45, 7) is 4.65. The highest BCUT2D eigenvalue weighted by atomic mass is 16.3. The van der Waals surface area contributed by atoms with Crippen molar-refractivity contribution in [2.45, 2.75) is 32.8 Å². The molecule has 0 radical (unpaired) electrons. The molecule has 1 rings (SSSR count). The lowest BCUT2D eigenvalue weighted by molar-refractivity contribution is 0.164. The fourth-order valence-electron chi connectivity index (χ4n) is 1.30. The van der Waals surface area contributed by atoms with Crippen molar-refractivity contribution in [2.24, 2.45) is 0 Å². The van der Waals surface area contributed by atoms with Gasteiger partial charge in [0.25, 0.3) is 0 Å². The van der Waals surface area contributed by atoms with E-state index < -0.39 is 0 Å². The average Bonchev–Trinajstić information content (AvgIpc) is 2.31. The first-order valence-electron chi connectivity index (χ1n) is 5.60. The number of aryl methyl sites for hydroxylation is 1. The van der Waals surface area contributed by atoms with Crippen LogP contribution in [0.2, 0.25) is 0 Å². The van der Waals surface area contributed by atoms with Gasteiger partial charge in [-0.3, -0.25) is 0 Å². The van der Waals surface area contributed by atoms with E-state index in [0.717, 1.165) is 30.8 Å². The van der Waals surface area contributed by atoms with Gasteiger partial charge in [0.2, 0.25) is 5.95 Å². The third-order valence-corrected chi connectivity index (χ3v) is 2.44. The molecule has 0 aliphatic rings. The first-order chi connectivity index (χ1) is 7.67. The molecule has 3 N–H and O–H groups in total. The van der Waals surface area contributed by atoms with Crippen LogP contribution in [0.4, 0.5) is 11.8 Å². The molecule has 1 heterocycles. The minimum absolute atomic E-state index is 0.238. The zero-order valence-corrected chi connectivity index (χ0v) is 10.1. The van der Waals surface area contributed by atoms with Crippen LogP contribution in [0.5, 0.6) is 0 Å². The molecule has 0 saturated carbocycles. The molecule has 0 aromatic carbocycles. The van der Waals surface area contributed by atoms with Gasteiger partial charge >= 0.3 is 0 Å². The molecule has 1 atom stereocenters. The Hall–Kier alpha value is -1.36. The maximum atomic E-state index is 9.42. The predicted octanol–water partition coefficient (Wildman–Crippen LogP) is 1.40. The Bertz CT molecular complexity index is 330. The Morgan fingerprint density at radius 1 is 1.50 bits per heavy atom. The number of rotatable bonds is 6. The molecule has 0 bridgehead atoms. The fraction of sp³-hybridized carbons (Fsp3) is 0.636. The van der Waals surface area contributed by atoms with Crippen LogP contribution in [-0.2, 0) is 0 Å². The molecule has 0 spiro atoms. The highest BCUT2D eigenvalue weighted by molar-refractivity contribution is 5.46. The molecule has 90 valence electrons. The molecule has 1 aromatic rings. The predicted molar refractivity (Wildman–Crippen MR) is 65.7 cm³/mol. The molecule has 16 heavy (non-hydrogen) atoms. The zero-order chi connectivity index (χ0) is 12.0. The summed E-state index contributed by atoms with van der Waals surface area (Å²) in [4.78, 5) is 8.40. The van der Waals surface area contributed by atoms with Crippen LogP contribution in [0.25, 0.3) is 0 Å². The van der Waals surface area contributed by atoms with Gasteiger partial charge in [0, 0.05) is 25.4 Å². The lowest BCUT2D eigenvalue weighted by atomic mass is 10.2. The van der Waals surface area contributed by atoms with Crippen LogP contribution in [0.3, 0.4) is 0 Å². The normalized spacial score (nSPS) is 12.2.